The minimum Gasteiger partial charge on any atom is -0.444 e. The van der Waals surface area contributed by atoms with Crippen LogP contribution in [0.4, 0.5) is 4.79 Å². The summed E-state index contributed by atoms with van der Waals surface area (Å²) in [4.78, 5) is 18.1. The molecule has 1 atom stereocenters. The maximum absolute atomic E-state index is 12.1. The predicted octanol–water partition coefficient (Wildman–Crippen LogP) is 3.63. The third-order valence-corrected chi connectivity index (χ3v) is 3.09. The summed E-state index contributed by atoms with van der Waals surface area (Å²) in [6, 6.07) is 5.52. The van der Waals surface area contributed by atoms with Crippen LogP contribution in [0.15, 0.2) is 30.4 Å². The van der Waals surface area contributed by atoms with Gasteiger partial charge in [0.1, 0.15) is 10.8 Å². The van der Waals surface area contributed by atoms with Crippen molar-refractivity contribution < 1.29 is 9.53 Å². The average molecular weight is 295 g/mol. The lowest BCUT2D eigenvalue weighted by atomic mass is 10.0. The monoisotopic (exact) mass is 294 g/mol. The van der Waals surface area contributed by atoms with Crippen LogP contribution in [0.1, 0.15) is 32.4 Å². The van der Waals surface area contributed by atoms with Gasteiger partial charge in [0.2, 0.25) is 0 Å². The zero-order valence-corrected chi connectivity index (χ0v) is 12.7. The number of rotatable bonds is 1. The van der Waals surface area contributed by atoms with Gasteiger partial charge < -0.3 is 9.64 Å². The van der Waals surface area contributed by atoms with E-state index >= 15 is 0 Å². The van der Waals surface area contributed by atoms with E-state index in [0.29, 0.717) is 18.2 Å². The number of carbonyl (C=O) groups is 1. The molecule has 0 saturated heterocycles. The number of ether oxygens (including phenoxy) is 1. The molecule has 5 heteroatoms. The molecule has 0 N–H and O–H groups in total. The van der Waals surface area contributed by atoms with E-state index in [9.17, 15) is 4.79 Å². The summed E-state index contributed by atoms with van der Waals surface area (Å²) < 4.78 is 5.39. The summed E-state index contributed by atoms with van der Waals surface area (Å²) >= 11 is 5.91. The zero-order chi connectivity index (χ0) is 14.8. The Bertz CT molecular complexity index is 523. The number of halogens is 1. The van der Waals surface area contributed by atoms with E-state index < -0.39 is 5.60 Å². The smallest absolute Gasteiger partial charge is 0.410 e. The fourth-order valence-electron chi connectivity index (χ4n) is 2.02. The third kappa shape index (κ3) is 3.97. The third-order valence-electron chi connectivity index (χ3n) is 2.88. The van der Waals surface area contributed by atoms with Crippen LogP contribution >= 0.6 is 11.6 Å². The molecule has 0 fully saturated rings. The van der Waals surface area contributed by atoms with Crippen LogP contribution in [-0.4, -0.2) is 34.7 Å². The van der Waals surface area contributed by atoms with Crippen LogP contribution < -0.4 is 0 Å². The summed E-state index contributed by atoms with van der Waals surface area (Å²) in [5.74, 6) is 0.0509. The first kappa shape index (κ1) is 14.9. The second kappa shape index (κ2) is 5.83. The fraction of sp³-hybridized carbons (Fsp3) is 0.467. The summed E-state index contributed by atoms with van der Waals surface area (Å²) in [7, 11) is 0. The number of hydrogen-bond donors (Lipinski definition) is 0. The van der Waals surface area contributed by atoms with Crippen LogP contribution in [0.2, 0.25) is 5.15 Å². The van der Waals surface area contributed by atoms with Crippen molar-refractivity contribution in [1.29, 1.82) is 0 Å². The molecule has 2 rings (SSSR count). The summed E-state index contributed by atoms with van der Waals surface area (Å²) in [6.45, 7) is 6.70. The Labute approximate surface area is 124 Å². The molecule has 1 aromatic heterocycles. The Morgan fingerprint density at radius 2 is 2.20 bits per heavy atom. The molecule has 1 aliphatic rings. The maximum atomic E-state index is 12.1. The molecule has 0 bridgehead atoms. The Morgan fingerprint density at radius 1 is 1.45 bits per heavy atom. The van der Waals surface area contributed by atoms with Crippen LogP contribution in [0.3, 0.4) is 0 Å². The first-order valence-electron chi connectivity index (χ1n) is 6.62. The Hall–Kier alpha value is -1.55. The molecule has 1 aliphatic heterocycles. The highest BCUT2D eigenvalue weighted by Crippen LogP contribution is 2.23. The second-order valence-electron chi connectivity index (χ2n) is 5.81. The summed E-state index contributed by atoms with van der Waals surface area (Å²) in [6.07, 6.45) is 3.72. The normalized spacial score (nSPS) is 19.0. The zero-order valence-electron chi connectivity index (χ0n) is 12.0. The SMILES string of the molecule is CC(C)(C)OC(=O)N1CC=C[C@H](c2cccc(Cl)n2)C1. The van der Waals surface area contributed by atoms with E-state index in [1.807, 2.05) is 39.0 Å². The lowest BCUT2D eigenvalue weighted by Crippen LogP contribution is -2.40. The van der Waals surface area contributed by atoms with E-state index in [1.54, 1.807) is 11.0 Å². The van der Waals surface area contributed by atoms with Gasteiger partial charge in [0.25, 0.3) is 0 Å². The standard InChI is InChI=1S/C15H19ClN2O2/c1-15(2,3)20-14(19)18-9-5-6-11(10-18)12-7-4-8-13(16)17-12/h4-8,11H,9-10H2,1-3H3/t11-/m0/s1. The predicted molar refractivity (Wildman–Crippen MR) is 78.9 cm³/mol. The van der Waals surface area contributed by atoms with Crippen LogP contribution in [0.25, 0.3) is 0 Å². The summed E-state index contributed by atoms with van der Waals surface area (Å²) in [5, 5.41) is 0.463. The molecule has 4 nitrogen and oxygen atoms in total. The Morgan fingerprint density at radius 3 is 2.85 bits per heavy atom. The van der Waals surface area contributed by atoms with Gasteiger partial charge in [-0.1, -0.05) is 29.8 Å². The van der Waals surface area contributed by atoms with Gasteiger partial charge in [0, 0.05) is 19.0 Å². The average Bonchev–Trinajstić information content (AvgIpc) is 2.37. The minimum absolute atomic E-state index is 0.0509. The molecule has 1 amide bonds. The van der Waals surface area contributed by atoms with Crippen molar-refractivity contribution in [2.24, 2.45) is 0 Å². The van der Waals surface area contributed by atoms with Gasteiger partial charge in [0.05, 0.1) is 5.69 Å². The lowest BCUT2D eigenvalue weighted by molar-refractivity contribution is 0.0259. The molecule has 1 aromatic rings. The second-order valence-corrected chi connectivity index (χ2v) is 6.19. The van der Waals surface area contributed by atoms with Crippen molar-refractivity contribution in [1.82, 2.24) is 9.88 Å². The molecular weight excluding hydrogens is 276 g/mol. The van der Waals surface area contributed by atoms with Gasteiger partial charge in [0.15, 0.2) is 0 Å². The topological polar surface area (TPSA) is 42.4 Å². The van der Waals surface area contributed by atoms with Gasteiger partial charge in [-0.2, -0.15) is 0 Å². The van der Waals surface area contributed by atoms with Crippen molar-refractivity contribution in [2.75, 3.05) is 13.1 Å². The van der Waals surface area contributed by atoms with Crippen molar-refractivity contribution in [3.05, 3.63) is 41.2 Å². The van der Waals surface area contributed by atoms with Crippen LogP contribution in [0, 0.1) is 0 Å². The van der Waals surface area contributed by atoms with E-state index in [1.165, 1.54) is 0 Å². The largest absolute Gasteiger partial charge is 0.444 e. The molecule has 0 spiro atoms. The van der Waals surface area contributed by atoms with E-state index in [-0.39, 0.29) is 12.0 Å². The molecule has 0 unspecified atom stereocenters. The Balaban J connectivity index is 2.07. The number of hydrogen-bond acceptors (Lipinski definition) is 3. The van der Waals surface area contributed by atoms with Crippen molar-refractivity contribution >= 4 is 17.7 Å². The highest BCUT2D eigenvalue weighted by atomic mass is 35.5. The molecule has 20 heavy (non-hydrogen) atoms. The first-order valence-corrected chi connectivity index (χ1v) is 7.00. The molecule has 0 aliphatic carbocycles. The van der Waals surface area contributed by atoms with Gasteiger partial charge in [-0.25, -0.2) is 9.78 Å². The van der Waals surface area contributed by atoms with E-state index in [4.69, 9.17) is 16.3 Å². The van der Waals surface area contributed by atoms with Gasteiger partial charge in [-0.3, -0.25) is 0 Å². The van der Waals surface area contributed by atoms with Crippen molar-refractivity contribution in [3.8, 4) is 0 Å². The number of amides is 1. The number of nitrogens with zero attached hydrogens (tertiary/aromatic N) is 2. The van der Waals surface area contributed by atoms with Gasteiger partial charge in [-0.05, 0) is 32.9 Å². The maximum Gasteiger partial charge on any atom is 0.410 e. The number of carbonyl (C=O) groups excluding carboxylic acids is 1. The highest BCUT2D eigenvalue weighted by molar-refractivity contribution is 6.29. The van der Waals surface area contributed by atoms with Crippen LogP contribution in [-0.2, 0) is 4.74 Å². The molecular formula is C15H19ClN2O2. The highest BCUT2D eigenvalue weighted by Gasteiger charge is 2.26. The molecule has 0 radical (unpaired) electrons. The number of pyridine rings is 1. The van der Waals surface area contributed by atoms with Crippen LogP contribution in [0.5, 0.6) is 0 Å². The van der Waals surface area contributed by atoms with E-state index in [2.05, 4.69) is 11.1 Å². The first-order chi connectivity index (χ1) is 9.35. The molecule has 0 saturated carbocycles. The molecule has 2 heterocycles. The molecule has 0 aromatic carbocycles. The minimum atomic E-state index is -0.484. The van der Waals surface area contributed by atoms with E-state index in [0.717, 1.165) is 5.69 Å². The summed E-state index contributed by atoms with van der Waals surface area (Å²) in [5.41, 5.74) is 0.379. The van der Waals surface area contributed by atoms with Crippen molar-refractivity contribution in [2.45, 2.75) is 32.3 Å². The number of aromatic nitrogens is 1. The van der Waals surface area contributed by atoms with Crippen molar-refractivity contribution in [3.63, 3.8) is 0 Å². The Kier molecular flexibility index (Phi) is 4.33. The fourth-order valence-corrected chi connectivity index (χ4v) is 2.19. The quantitative estimate of drug-likeness (QED) is 0.587. The molecule has 108 valence electrons. The van der Waals surface area contributed by atoms with Gasteiger partial charge in [-0.15, -0.1) is 0 Å². The van der Waals surface area contributed by atoms with Gasteiger partial charge >= 0.3 is 6.09 Å². The lowest BCUT2D eigenvalue weighted by Gasteiger charge is -2.31.